The molecule has 0 bridgehead atoms. The zero-order valence-corrected chi connectivity index (χ0v) is 85.4. The van der Waals surface area contributed by atoms with Crippen molar-refractivity contribution in [1.29, 1.82) is 0 Å². The Morgan fingerprint density at radius 3 is 1.13 bits per heavy atom. The number of rotatable bonds is 17. The molecule has 27 heteroatoms. The van der Waals surface area contributed by atoms with Gasteiger partial charge >= 0.3 is 24.4 Å². The number of likely N-dealkylation sites (tertiary alicyclic amines) is 4. The highest BCUT2D eigenvalue weighted by Gasteiger charge is 2.38. The summed E-state index contributed by atoms with van der Waals surface area (Å²) in [4.78, 5) is 67.7. The zero-order chi connectivity index (χ0) is 98.8. The summed E-state index contributed by atoms with van der Waals surface area (Å²) in [6.45, 7) is 40.9. The maximum absolute atomic E-state index is 12.0. The minimum atomic E-state index is -3.09. The van der Waals surface area contributed by atoms with Gasteiger partial charge in [0, 0.05) is 111 Å². The summed E-state index contributed by atoms with van der Waals surface area (Å²) in [5, 5.41) is 23.3. The molecule has 6 aromatic carbocycles. The topological polar surface area (TPSA) is 284 Å². The summed E-state index contributed by atoms with van der Waals surface area (Å²) < 4.78 is 81.5. The van der Waals surface area contributed by atoms with Gasteiger partial charge in [0.05, 0.1) is 43.5 Å². The number of amides is 4. The molecule has 15 rings (SSSR count). The van der Waals surface area contributed by atoms with Gasteiger partial charge in [0.25, 0.3) is 0 Å². The first kappa shape index (κ1) is 110. The first-order valence-electron chi connectivity index (χ1n) is 48.9. The molecule has 0 radical (unpaired) electrons. The molecular formula is C109H154N8O17S2. The van der Waals surface area contributed by atoms with E-state index in [0.717, 1.165) is 139 Å². The van der Waals surface area contributed by atoms with Crippen LogP contribution in [0.5, 0.6) is 17.2 Å². The Morgan fingerprint density at radius 2 is 0.794 bits per heavy atom. The number of sulfonamides is 2. The monoisotopic (exact) mass is 1910 g/mol. The molecule has 744 valence electrons. The predicted octanol–water partition coefficient (Wildman–Crippen LogP) is 20.4. The molecule has 8 aliphatic heterocycles. The Morgan fingerprint density at radius 1 is 0.434 bits per heavy atom. The Labute approximate surface area is 811 Å². The standard InChI is InChI=1S/C23H34N2O3.C22H31NO3.C17H25NO3.C13H17NO2S.C12H15NO3S.C12H15N.C10H17NO3/c1-4-24-13-11-21(12-14-24)20-5-7-22(8-6-20)27-17-19-9-15-25(16-10-19)23(26)28-18(2)3;1-17(2)26-22(24)23-14-12-18(13-15-23)16-25-21-10-8-20(9-11-21)19-6-4-3-5-7-19;1-13-5-7-14(8-6-13)17(20)9-11-18(12-10-17)15(19)21-16(2,3)4;1-11-3-5-12(6-4-11)13-7-9-14(10-8-13)17(2,15)16;1-17(15,16)13-8-6-11(7-9-13)10-2-4-12(14)5-3-10;1-10-2-4-11(5-3-10)12-6-8-13-9-7-12;1-10(2,3)14-9(13)11-6-4-8(12)5-7-11/h5-8,11,18-19H,4,9-10,12-17H2,1-3H3;6,8-11,17-18H,3-5,7,12-16H2,1-2H3;5-8,20H,9-12H2,1-4H3;3-7H,8-10H2,1-2H3;2-6,14H,7-9H2,1H3;2-6,13H,7-9H2,1H3;4-7H2,1-3H3. The van der Waals surface area contributed by atoms with Crippen LogP contribution in [0.4, 0.5) is 19.2 Å². The van der Waals surface area contributed by atoms with Gasteiger partial charge in [-0.25, -0.2) is 36.0 Å². The number of benzene rings is 6. The number of carbonyl (C=O) groups excluding carboxylic acids is 5. The number of ketones is 1. The van der Waals surface area contributed by atoms with Crippen LogP contribution >= 0.6 is 0 Å². The van der Waals surface area contributed by atoms with Crippen molar-refractivity contribution in [2.75, 3.05) is 137 Å². The molecule has 8 heterocycles. The third-order valence-corrected chi connectivity index (χ3v) is 27.6. The van der Waals surface area contributed by atoms with E-state index in [1.165, 1.54) is 108 Å². The van der Waals surface area contributed by atoms with Crippen molar-refractivity contribution >= 4 is 78.1 Å². The van der Waals surface area contributed by atoms with Crippen LogP contribution in [-0.4, -0.2) is 251 Å². The molecule has 0 atom stereocenters. The van der Waals surface area contributed by atoms with E-state index < -0.39 is 36.8 Å². The molecule has 1 aliphatic carbocycles. The Balaban J connectivity index is 0.000000181. The van der Waals surface area contributed by atoms with Crippen LogP contribution in [0, 0.1) is 32.6 Å². The van der Waals surface area contributed by atoms with Crippen molar-refractivity contribution in [2.24, 2.45) is 11.8 Å². The first-order chi connectivity index (χ1) is 64.5. The molecule has 9 aliphatic rings. The SMILES string of the molecule is CC(C)(C)OC(=O)N1CCC(=O)CC1.CC(C)OC(=O)N1CCC(COc2ccc(C3=CCCCC3)cc2)CC1.CCN1CC=C(c2ccc(OCC3CCN(C(=O)OC(C)C)CC3)cc2)CC1.CS(=O)(=O)N1CC=C(c2ccc(O)cc2)CC1.Cc1ccc(C2(O)CCN(C(=O)OC(C)(C)C)CC2)cc1.Cc1ccc(C2=CCN(S(C)(=O)=O)CC2)cc1.Cc1ccc(C2=CCNCC2)cc1. The minimum Gasteiger partial charge on any atom is -0.508 e. The fourth-order valence-electron chi connectivity index (χ4n) is 16.8. The van der Waals surface area contributed by atoms with Gasteiger partial charge in [0.15, 0.2) is 0 Å². The summed E-state index contributed by atoms with van der Waals surface area (Å²) in [6.07, 6.45) is 27.0. The van der Waals surface area contributed by atoms with Crippen LogP contribution in [-0.2, 0) is 49.4 Å². The molecule has 0 spiro atoms. The minimum absolute atomic E-state index is 0.0594. The molecule has 25 nitrogen and oxygen atoms in total. The van der Waals surface area contributed by atoms with Crippen molar-refractivity contribution < 1.29 is 79.4 Å². The number of aliphatic hydroxyl groups is 1. The normalized spacial score (nSPS) is 18.2. The number of hydrogen-bond donors (Lipinski definition) is 3. The molecule has 0 aromatic heterocycles. The lowest BCUT2D eigenvalue weighted by atomic mass is 9.84. The number of nitrogens with zero attached hydrogens (tertiary/aromatic N) is 7. The third-order valence-electron chi connectivity index (χ3n) is 25.1. The van der Waals surface area contributed by atoms with E-state index in [0.29, 0.717) is 103 Å². The van der Waals surface area contributed by atoms with E-state index >= 15 is 0 Å². The van der Waals surface area contributed by atoms with Gasteiger partial charge in [-0.2, -0.15) is 8.61 Å². The van der Waals surface area contributed by atoms with Crippen LogP contribution in [0.2, 0.25) is 0 Å². The maximum Gasteiger partial charge on any atom is 0.410 e. The van der Waals surface area contributed by atoms with Gasteiger partial charge in [-0.1, -0.05) is 163 Å². The Kier molecular flexibility index (Phi) is 42.8. The number of ether oxygens (including phenoxy) is 6. The largest absolute Gasteiger partial charge is 0.508 e. The number of phenols is 1. The van der Waals surface area contributed by atoms with Gasteiger partial charge in [0.2, 0.25) is 20.0 Å². The van der Waals surface area contributed by atoms with Gasteiger partial charge < -0.3 is 63.6 Å². The van der Waals surface area contributed by atoms with E-state index in [9.17, 15) is 51.0 Å². The molecule has 0 saturated carbocycles. The lowest BCUT2D eigenvalue weighted by Gasteiger charge is -2.39. The second-order valence-corrected chi connectivity index (χ2v) is 43.2. The quantitative estimate of drug-likeness (QED) is 0.0715. The number of aromatic hydroxyl groups is 1. The second kappa shape index (κ2) is 53.1. The average molecular weight is 1910 g/mol. The van der Waals surface area contributed by atoms with Gasteiger partial charge in [-0.05, 0) is 302 Å². The van der Waals surface area contributed by atoms with Crippen LogP contribution in [0.25, 0.3) is 27.9 Å². The number of aryl methyl sites for hydroxylation is 3. The van der Waals surface area contributed by atoms with Crippen LogP contribution in [0.3, 0.4) is 0 Å². The van der Waals surface area contributed by atoms with E-state index in [4.69, 9.17) is 28.4 Å². The summed E-state index contributed by atoms with van der Waals surface area (Å²) in [7, 11) is -6.14. The van der Waals surface area contributed by atoms with Gasteiger partial charge in [-0.3, -0.25) is 9.69 Å². The fraction of sp³-hybridized carbons (Fsp3) is 0.532. The highest BCUT2D eigenvalue weighted by Crippen LogP contribution is 2.36. The summed E-state index contributed by atoms with van der Waals surface area (Å²) in [6, 6.07) is 49.1. The fourth-order valence-corrected chi connectivity index (χ4v) is 18.3. The molecular weight excluding hydrogens is 1760 g/mol. The van der Waals surface area contributed by atoms with Crippen molar-refractivity contribution in [3.05, 3.63) is 226 Å². The van der Waals surface area contributed by atoms with Gasteiger partial charge in [0.1, 0.15) is 34.2 Å². The number of hydrogen-bond acceptors (Lipinski definition) is 19. The molecule has 4 fully saturated rings. The molecule has 3 N–H and O–H groups in total. The Hall–Kier alpha value is -10.1. The van der Waals surface area contributed by atoms with Crippen molar-refractivity contribution in [3.63, 3.8) is 0 Å². The molecule has 6 aromatic rings. The van der Waals surface area contributed by atoms with Crippen LogP contribution in [0.1, 0.15) is 229 Å². The smallest absolute Gasteiger partial charge is 0.410 e. The summed E-state index contributed by atoms with van der Waals surface area (Å²) in [5.41, 5.74) is 15.9. The highest BCUT2D eigenvalue weighted by atomic mass is 32.2. The first-order valence-corrected chi connectivity index (χ1v) is 52.6. The highest BCUT2D eigenvalue weighted by molar-refractivity contribution is 7.88. The second-order valence-electron chi connectivity index (χ2n) is 39.3. The van der Waals surface area contributed by atoms with Crippen molar-refractivity contribution in [2.45, 2.75) is 229 Å². The van der Waals surface area contributed by atoms with Gasteiger partial charge in [-0.15, -0.1) is 0 Å². The lowest BCUT2D eigenvalue weighted by Crippen LogP contribution is -2.46. The van der Waals surface area contributed by atoms with E-state index in [1.54, 1.807) is 21.9 Å². The lowest BCUT2D eigenvalue weighted by molar-refractivity contribution is -0.121. The Bertz CT molecular complexity index is 5060. The van der Waals surface area contributed by atoms with E-state index in [-0.39, 0.29) is 48.1 Å². The molecule has 136 heavy (non-hydrogen) atoms. The van der Waals surface area contributed by atoms with E-state index in [2.05, 4.69) is 146 Å². The average Bonchev–Trinajstić information content (AvgIpc) is 0.804. The third kappa shape index (κ3) is 38.0. The summed E-state index contributed by atoms with van der Waals surface area (Å²) in [5.74, 6) is 3.32. The maximum atomic E-state index is 12.0. The van der Waals surface area contributed by atoms with E-state index in [1.807, 2.05) is 135 Å². The number of nitrogens with one attached hydrogen (secondary N) is 1. The van der Waals surface area contributed by atoms with Crippen molar-refractivity contribution in [1.82, 2.24) is 38.4 Å². The van der Waals surface area contributed by atoms with Crippen LogP contribution < -0.4 is 14.8 Å². The number of carbonyl (C=O) groups is 5. The summed E-state index contributed by atoms with van der Waals surface area (Å²) >= 11 is 0. The zero-order valence-electron chi connectivity index (χ0n) is 83.8. The molecule has 4 saturated heterocycles. The predicted molar refractivity (Wildman–Crippen MR) is 545 cm³/mol. The van der Waals surface area contributed by atoms with Crippen LogP contribution in [0.15, 0.2) is 176 Å². The number of likely N-dealkylation sites (N-methyl/N-ethyl adjacent to an activating group) is 1. The van der Waals surface area contributed by atoms with Crippen molar-refractivity contribution in [3.8, 4) is 17.2 Å². The number of Topliss-reactive ketones (excluding diaryl/α,β-unsaturated/α-hetero) is 1. The molecule has 0 unspecified atom stereocenters. The number of phenolic OH excluding ortho intramolecular Hbond substituents is 1. The molecule has 4 amide bonds. The number of allylic oxidation sites excluding steroid dienone is 2. The number of piperidine rings is 4.